The summed E-state index contributed by atoms with van der Waals surface area (Å²) in [5.74, 6) is 0.690. The van der Waals surface area contributed by atoms with Crippen LogP contribution in [0, 0.1) is 11.3 Å². The van der Waals surface area contributed by atoms with E-state index in [2.05, 4.69) is 25.7 Å². The monoisotopic (exact) mass is 229 g/mol. The third-order valence-electron chi connectivity index (χ3n) is 3.52. The van der Waals surface area contributed by atoms with Crippen molar-refractivity contribution in [1.82, 2.24) is 4.90 Å². The van der Waals surface area contributed by atoms with Gasteiger partial charge in [-0.3, -0.25) is 0 Å². The first-order chi connectivity index (χ1) is 7.62. The molecule has 0 aromatic heterocycles. The quantitative estimate of drug-likeness (QED) is 0.753. The molecule has 16 heavy (non-hydrogen) atoms. The van der Waals surface area contributed by atoms with Crippen LogP contribution in [-0.4, -0.2) is 49.5 Å². The van der Waals surface area contributed by atoms with E-state index in [1.165, 1.54) is 0 Å². The summed E-state index contributed by atoms with van der Waals surface area (Å²) in [6.45, 7) is 11.8. The van der Waals surface area contributed by atoms with E-state index in [1.807, 2.05) is 0 Å². The van der Waals surface area contributed by atoms with Gasteiger partial charge in [0.1, 0.15) is 0 Å². The van der Waals surface area contributed by atoms with Crippen LogP contribution in [0.15, 0.2) is 0 Å². The fourth-order valence-electron chi connectivity index (χ4n) is 2.47. The van der Waals surface area contributed by atoms with Gasteiger partial charge in [0.15, 0.2) is 0 Å². The van der Waals surface area contributed by atoms with Crippen molar-refractivity contribution in [1.29, 1.82) is 0 Å². The lowest BCUT2D eigenvalue weighted by atomic mass is 9.80. The van der Waals surface area contributed by atoms with Crippen molar-refractivity contribution < 1.29 is 9.84 Å². The summed E-state index contributed by atoms with van der Waals surface area (Å²) < 4.78 is 5.39. The molecule has 1 saturated heterocycles. The zero-order valence-electron chi connectivity index (χ0n) is 11.0. The van der Waals surface area contributed by atoms with Crippen molar-refractivity contribution >= 4 is 0 Å². The lowest BCUT2D eigenvalue weighted by molar-refractivity contribution is -0.0349. The van der Waals surface area contributed by atoms with Crippen LogP contribution < -0.4 is 0 Å². The van der Waals surface area contributed by atoms with E-state index in [0.29, 0.717) is 12.5 Å². The first-order valence-electron chi connectivity index (χ1n) is 6.53. The topological polar surface area (TPSA) is 32.7 Å². The summed E-state index contributed by atoms with van der Waals surface area (Å²) in [5.41, 5.74) is 0.0865. The maximum absolute atomic E-state index is 9.64. The Labute approximate surface area is 99.8 Å². The highest BCUT2D eigenvalue weighted by molar-refractivity contribution is 4.84. The molecule has 3 heteroatoms. The largest absolute Gasteiger partial charge is 0.396 e. The number of aliphatic hydroxyl groups is 1. The Morgan fingerprint density at radius 3 is 2.38 bits per heavy atom. The van der Waals surface area contributed by atoms with E-state index in [1.54, 1.807) is 0 Å². The Morgan fingerprint density at radius 2 is 1.94 bits per heavy atom. The molecule has 1 heterocycles. The van der Waals surface area contributed by atoms with Gasteiger partial charge in [0.05, 0.1) is 6.61 Å². The molecule has 0 saturated carbocycles. The first-order valence-corrected chi connectivity index (χ1v) is 6.53. The molecule has 0 bridgehead atoms. The molecule has 0 amide bonds. The van der Waals surface area contributed by atoms with E-state index < -0.39 is 0 Å². The van der Waals surface area contributed by atoms with Crippen LogP contribution in [0.1, 0.15) is 33.6 Å². The average Bonchev–Trinajstić information content (AvgIpc) is 2.29. The molecule has 0 spiro atoms. The lowest BCUT2D eigenvalue weighted by Crippen LogP contribution is -2.44. The lowest BCUT2D eigenvalue weighted by Gasteiger charge is -2.40. The molecular formula is C13H27NO2. The molecule has 0 aromatic carbocycles. The Kier molecular flexibility index (Phi) is 5.73. The molecule has 0 aromatic rings. The molecule has 0 radical (unpaired) electrons. The van der Waals surface area contributed by atoms with Gasteiger partial charge in [0.25, 0.3) is 0 Å². The Balaban J connectivity index is 2.51. The van der Waals surface area contributed by atoms with Gasteiger partial charge in [-0.25, -0.2) is 0 Å². The summed E-state index contributed by atoms with van der Waals surface area (Å²) in [4.78, 5) is 2.46. The molecule has 1 rings (SSSR count). The normalized spacial score (nSPS) is 20.6. The van der Waals surface area contributed by atoms with Gasteiger partial charge in [-0.1, -0.05) is 20.8 Å². The zero-order valence-corrected chi connectivity index (χ0v) is 11.0. The van der Waals surface area contributed by atoms with Crippen LogP contribution in [0.3, 0.4) is 0 Å². The standard InChI is InChI=1S/C13H27NO2/c1-4-14(9-12(2)3)10-13(11-15)5-7-16-8-6-13/h12,15H,4-11H2,1-3H3. The van der Waals surface area contributed by atoms with Crippen LogP contribution in [0.4, 0.5) is 0 Å². The number of hydrogen-bond acceptors (Lipinski definition) is 3. The highest BCUT2D eigenvalue weighted by atomic mass is 16.5. The van der Waals surface area contributed by atoms with Gasteiger partial charge in [-0.15, -0.1) is 0 Å². The Hall–Kier alpha value is -0.120. The van der Waals surface area contributed by atoms with Gasteiger partial charge in [0, 0.05) is 31.7 Å². The predicted molar refractivity (Wildman–Crippen MR) is 66.5 cm³/mol. The van der Waals surface area contributed by atoms with Crippen LogP contribution in [0.25, 0.3) is 0 Å². The summed E-state index contributed by atoms with van der Waals surface area (Å²) in [5, 5.41) is 9.64. The number of ether oxygens (including phenoxy) is 1. The average molecular weight is 229 g/mol. The fraction of sp³-hybridized carbons (Fsp3) is 1.00. The minimum atomic E-state index is 0.0865. The van der Waals surface area contributed by atoms with E-state index in [4.69, 9.17) is 4.74 Å². The predicted octanol–water partition coefficient (Wildman–Crippen LogP) is 1.75. The molecule has 3 nitrogen and oxygen atoms in total. The second-order valence-electron chi connectivity index (χ2n) is 5.49. The molecule has 1 aliphatic heterocycles. The molecule has 0 unspecified atom stereocenters. The smallest absolute Gasteiger partial charge is 0.0501 e. The highest BCUT2D eigenvalue weighted by Crippen LogP contribution is 2.31. The van der Waals surface area contributed by atoms with Gasteiger partial charge in [0.2, 0.25) is 0 Å². The third kappa shape index (κ3) is 4.04. The number of rotatable bonds is 6. The number of aliphatic hydroxyl groups excluding tert-OH is 1. The SMILES string of the molecule is CCN(CC(C)C)CC1(CO)CCOCC1. The minimum Gasteiger partial charge on any atom is -0.396 e. The van der Waals surface area contributed by atoms with Gasteiger partial charge in [-0.2, -0.15) is 0 Å². The van der Waals surface area contributed by atoms with Crippen LogP contribution in [0.5, 0.6) is 0 Å². The first kappa shape index (κ1) is 13.9. The van der Waals surface area contributed by atoms with E-state index >= 15 is 0 Å². The van der Waals surface area contributed by atoms with E-state index in [9.17, 15) is 5.11 Å². The van der Waals surface area contributed by atoms with Gasteiger partial charge < -0.3 is 14.7 Å². The van der Waals surface area contributed by atoms with E-state index in [-0.39, 0.29) is 5.41 Å². The Morgan fingerprint density at radius 1 is 1.31 bits per heavy atom. The molecule has 0 atom stereocenters. The Bertz CT molecular complexity index is 188. The van der Waals surface area contributed by atoms with Crippen molar-refractivity contribution in [2.75, 3.05) is 39.5 Å². The summed E-state index contributed by atoms with van der Waals surface area (Å²) in [7, 11) is 0. The number of nitrogens with zero attached hydrogens (tertiary/aromatic N) is 1. The fourth-order valence-corrected chi connectivity index (χ4v) is 2.47. The maximum Gasteiger partial charge on any atom is 0.0501 e. The molecule has 96 valence electrons. The second kappa shape index (κ2) is 6.58. The van der Waals surface area contributed by atoms with Crippen molar-refractivity contribution in [2.45, 2.75) is 33.6 Å². The zero-order chi connectivity index (χ0) is 12.0. The van der Waals surface area contributed by atoms with E-state index in [0.717, 1.165) is 45.7 Å². The highest BCUT2D eigenvalue weighted by Gasteiger charge is 2.33. The second-order valence-corrected chi connectivity index (χ2v) is 5.49. The third-order valence-corrected chi connectivity index (χ3v) is 3.52. The van der Waals surface area contributed by atoms with Crippen molar-refractivity contribution in [3.05, 3.63) is 0 Å². The molecule has 1 aliphatic rings. The summed E-state index contributed by atoms with van der Waals surface area (Å²) >= 11 is 0. The number of hydrogen-bond donors (Lipinski definition) is 1. The molecule has 1 N–H and O–H groups in total. The van der Waals surface area contributed by atoms with Crippen LogP contribution in [-0.2, 0) is 4.74 Å². The van der Waals surface area contributed by atoms with Gasteiger partial charge in [-0.05, 0) is 25.3 Å². The maximum atomic E-state index is 9.64. The van der Waals surface area contributed by atoms with Crippen LogP contribution >= 0.6 is 0 Å². The minimum absolute atomic E-state index is 0.0865. The van der Waals surface area contributed by atoms with Crippen molar-refractivity contribution in [2.24, 2.45) is 11.3 Å². The summed E-state index contributed by atoms with van der Waals surface area (Å²) in [6.07, 6.45) is 2.00. The van der Waals surface area contributed by atoms with Crippen molar-refractivity contribution in [3.63, 3.8) is 0 Å². The van der Waals surface area contributed by atoms with Crippen molar-refractivity contribution in [3.8, 4) is 0 Å². The molecule has 0 aliphatic carbocycles. The van der Waals surface area contributed by atoms with Crippen LogP contribution in [0.2, 0.25) is 0 Å². The summed E-state index contributed by atoms with van der Waals surface area (Å²) in [6, 6.07) is 0. The molecule has 1 fully saturated rings. The molecular weight excluding hydrogens is 202 g/mol. The van der Waals surface area contributed by atoms with Gasteiger partial charge >= 0.3 is 0 Å².